The number of carboxylic acid groups (broad SMARTS) is 1. The molecule has 0 unspecified atom stereocenters. The van der Waals surface area contributed by atoms with E-state index in [1.54, 1.807) is 12.1 Å². The molecule has 3 rings (SSSR count). The molecule has 0 aliphatic rings. The molecule has 3 N–H and O–H groups in total. The van der Waals surface area contributed by atoms with Gasteiger partial charge in [-0.1, -0.05) is 42.5 Å². The molecule has 0 bridgehead atoms. The summed E-state index contributed by atoms with van der Waals surface area (Å²) in [5.74, 6) is -0.282. The number of hydrogen-bond donors (Lipinski definition) is 2. The molecule has 0 amide bonds. The zero-order valence-corrected chi connectivity index (χ0v) is 13.0. The number of nitrogens with two attached hydrogens (primary N) is 1. The van der Waals surface area contributed by atoms with E-state index in [9.17, 15) is 4.79 Å². The highest BCUT2D eigenvalue weighted by Crippen LogP contribution is 2.27. The molecule has 0 spiro atoms. The second-order valence-electron chi connectivity index (χ2n) is 5.45. The lowest BCUT2D eigenvalue weighted by Gasteiger charge is -2.09. The maximum absolute atomic E-state index is 11.2. The Labute approximate surface area is 140 Å². The molecule has 0 aliphatic heterocycles. The minimum Gasteiger partial charge on any atom is -0.489 e. The Morgan fingerprint density at radius 3 is 2.46 bits per heavy atom. The first-order valence-electron chi connectivity index (χ1n) is 7.53. The molecule has 0 radical (unpaired) electrons. The SMILES string of the molecule is Nc1cc(C(=O)O)cc(-c2cccc(OCc3ccccc3)c2)c1. The molecule has 4 nitrogen and oxygen atoms in total. The molecular formula is C20H17NO3. The van der Waals surface area contributed by atoms with Gasteiger partial charge in [-0.3, -0.25) is 0 Å². The van der Waals surface area contributed by atoms with E-state index in [1.807, 2.05) is 54.6 Å². The summed E-state index contributed by atoms with van der Waals surface area (Å²) in [6, 6.07) is 22.2. The molecule has 0 saturated heterocycles. The quantitative estimate of drug-likeness (QED) is 0.691. The van der Waals surface area contributed by atoms with Crippen molar-refractivity contribution >= 4 is 11.7 Å². The van der Waals surface area contributed by atoms with Crippen LogP contribution in [-0.4, -0.2) is 11.1 Å². The zero-order valence-electron chi connectivity index (χ0n) is 13.0. The van der Waals surface area contributed by atoms with Gasteiger partial charge in [0.15, 0.2) is 0 Å². The van der Waals surface area contributed by atoms with Gasteiger partial charge in [0, 0.05) is 5.69 Å². The van der Waals surface area contributed by atoms with Crippen LogP contribution in [0.25, 0.3) is 11.1 Å². The minimum atomic E-state index is -1.000. The molecule has 0 atom stereocenters. The Kier molecular flexibility index (Phi) is 4.47. The topological polar surface area (TPSA) is 72.6 Å². The summed E-state index contributed by atoms with van der Waals surface area (Å²) >= 11 is 0. The number of ether oxygens (including phenoxy) is 1. The second-order valence-corrected chi connectivity index (χ2v) is 5.45. The van der Waals surface area contributed by atoms with Gasteiger partial charge in [0.05, 0.1) is 5.56 Å². The van der Waals surface area contributed by atoms with Gasteiger partial charge >= 0.3 is 5.97 Å². The van der Waals surface area contributed by atoms with Gasteiger partial charge in [0.2, 0.25) is 0 Å². The van der Waals surface area contributed by atoms with Crippen molar-refractivity contribution in [3.8, 4) is 16.9 Å². The van der Waals surface area contributed by atoms with Gasteiger partial charge in [-0.05, 0) is 47.0 Å². The molecule has 24 heavy (non-hydrogen) atoms. The maximum atomic E-state index is 11.2. The molecule has 0 fully saturated rings. The van der Waals surface area contributed by atoms with Gasteiger partial charge in [-0.15, -0.1) is 0 Å². The van der Waals surface area contributed by atoms with E-state index < -0.39 is 5.97 Å². The number of rotatable bonds is 5. The summed E-state index contributed by atoms with van der Waals surface area (Å²) < 4.78 is 5.81. The van der Waals surface area contributed by atoms with Crippen molar-refractivity contribution in [1.29, 1.82) is 0 Å². The highest BCUT2D eigenvalue weighted by Gasteiger charge is 2.08. The Morgan fingerprint density at radius 2 is 1.71 bits per heavy atom. The number of hydrogen-bond acceptors (Lipinski definition) is 3. The Balaban J connectivity index is 1.84. The summed E-state index contributed by atoms with van der Waals surface area (Å²) in [6.45, 7) is 0.474. The van der Waals surface area contributed by atoms with Crippen LogP contribution in [0.2, 0.25) is 0 Å². The third-order valence-electron chi connectivity index (χ3n) is 3.62. The molecule has 4 heteroatoms. The lowest BCUT2D eigenvalue weighted by Crippen LogP contribution is -1.99. The second kappa shape index (κ2) is 6.87. The third kappa shape index (κ3) is 3.73. The van der Waals surface area contributed by atoms with E-state index in [0.29, 0.717) is 12.3 Å². The van der Waals surface area contributed by atoms with E-state index >= 15 is 0 Å². The Hall–Kier alpha value is -3.27. The summed E-state index contributed by atoms with van der Waals surface area (Å²) in [5, 5.41) is 9.17. The number of benzene rings is 3. The van der Waals surface area contributed by atoms with Crippen molar-refractivity contribution in [2.24, 2.45) is 0 Å². The summed E-state index contributed by atoms with van der Waals surface area (Å²) in [7, 11) is 0. The average molecular weight is 319 g/mol. The number of aromatic carboxylic acids is 1. The fourth-order valence-corrected chi connectivity index (χ4v) is 2.45. The molecule has 0 saturated carbocycles. The van der Waals surface area contributed by atoms with E-state index in [1.165, 1.54) is 6.07 Å². The fourth-order valence-electron chi connectivity index (χ4n) is 2.45. The van der Waals surface area contributed by atoms with Crippen molar-refractivity contribution in [3.63, 3.8) is 0 Å². The standard InChI is InChI=1S/C20H17NO3/c21-18-10-16(9-17(11-18)20(22)23)15-7-4-8-19(12-15)24-13-14-5-2-1-3-6-14/h1-12H,13,21H2,(H,22,23). The van der Waals surface area contributed by atoms with Gasteiger partial charge in [0.25, 0.3) is 0 Å². The van der Waals surface area contributed by atoms with E-state index in [4.69, 9.17) is 15.6 Å². The molecule has 3 aromatic rings. The lowest BCUT2D eigenvalue weighted by atomic mass is 10.0. The van der Waals surface area contributed by atoms with Crippen molar-refractivity contribution in [1.82, 2.24) is 0 Å². The van der Waals surface area contributed by atoms with E-state index in [-0.39, 0.29) is 5.56 Å². The van der Waals surface area contributed by atoms with Crippen molar-refractivity contribution in [2.45, 2.75) is 6.61 Å². The van der Waals surface area contributed by atoms with Crippen molar-refractivity contribution in [3.05, 3.63) is 83.9 Å². The molecule has 0 heterocycles. The van der Waals surface area contributed by atoms with Crippen LogP contribution in [0.5, 0.6) is 5.75 Å². The van der Waals surface area contributed by atoms with Gasteiger partial charge in [0.1, 0.15) is 12.4 Å². The maximum Gasteiger partial charge on any atom is 0.335 e. The lowest BCUT2D eigenvalue weighted by molar-refractivity contribution is 0.0697. The summed E-state index contributed by atoms with van der Waals surface area (Å²) in [5.41, 5.74) is 9.08. The molecule has 120 valence electrons. The summed E-state index contributed by atoms with van der Waals surface area (Å²) in [4.78, 5) is 11.2. The third-order valence-corrected chi connectivity index (χ3v) is 3.62. The predicted octanol–water partition coefficient (Wildman–Crippen LogP) is 4.21. The smallest absolute Gasteiger partial charge is 0.335 e. The van der Waals surface area contributed by atoms with Crippen LogP contribution < -0.4 is 10.5 Å². The van der Waals surface area contributed by atoms with Crippen LogP contribution >= 0.6 is 0 Å². The summed E-state index contributed by atoms with van der Waals surface area (Å²) in [6.07, 6.45) is 0. The highest BCUT2D eigenvalue weighted by atomic mass is 16.5. The Morgan fingerprint density at radius 1 is 0.917 bits per heavy atom. The van der Waals surface area contributed by atoms with Crippen LogP contribution in [0.3, 0.4) is 0 Å². The fraction of sp³-hybridized carbons (Fsp3) is 0.0500. The minimum absolute atomic E-state index is 0.167. The predicted molar refractivity (Wildman–Crippen MR) is 94.0 cm³/mol. The highest BCUT2D eigenvalue weighted by molar-refractivity contribution is 5.91. The van der Waals surface area contributed by atoms with Crippen molar-refractivity contribution < 1.29 is 14.6 Å². The van der Waals surface area contributed by atoms with E-state index in [2.05, 4.69) is 0 Å². The molecule has 0 aromatic heterocycles. The molecule has 0 aliphatic carbocycles. The monoisotopic (exact) mass is 319 g/mol. The molecule has 3 aromatic carbocycles. The van der Waals surface area contributed by atoms with Gasteiger partial charge in [-0.25, -0.2) is 4.79 Å². The van der Waals surface area contributed by atoms with Gasteiger partial charge in [-0.2, -0.15) is 0 Å². The number of anilines is 1. The zero-order chi connectivity index (χ0) is 16.9. The van der Waals surface area contributed by atoms with Crippen LogP contribution in [0.4, 0.5) is 5.69 Å². The normalized spacial score (nSPS) is 10.3. The van der Waals surface area contributed by atoms with Crippen LogP contribution in [0.15, 0.2) is 72.8 Å². The first-order valence-corrected chi connectivity index (χ1v) is 7.53. The van der Waals surface area contributed by atoms with Crippen LogP contribution in [0.1, 0.15) is 15.9 Å². The average Bonchev–Trinajstić information content (AvgIpc) is 2.60. The van der Waals surface area contributed by atoms with E-state index in [0.717, 1.165) is 22.4 Å². The van der Waals surface area contributed by atoms with Crippen molar-refractivity contribution in [2.75, 3.05) is 5.73 Å². The van der Waals surface area contributed by atoms with Gasteiger partial charge < -0.3 is 15.6 Å². The largest absolute Gasteiger partial charge is 0.489 e. The Bertz CT molecular complexity index is 860. The molecular weight excluding hydrogens is 302 g/mol. The number of nitrogen functional groups attached to an aromatic ring is 1. The van der Waals surface area contributed by atoms with Crippen LogP contribution in [-0.2, 0) is 6.61 Å². The first-order chi connectivity index (χ1) is 11.6. The first kappa shape index (κ1) is 15.6. The number of carbonyl (C=O) groups is 1. The number of carboxylic acids is 1. The van der Waals surface area contributed by atoms with Crippen LogP contribution in [0, 0.1) is 0 Å².